The van der Waals surface area contributed by atoms with Gasteiger partial charge in [-0.05, 0) is 44.2 Å². The fraction of sp³-hybridized carbons (Fsp3) is 0.316. The van der Waals surface area contributed by atoms with Crippen LogP contribution in [0.15, 0.2) is 53.4 Å². The number of nitrogens with one attached hydrogen (secondary N) is 1. The van der Waals surface area contributed by atoms with Crippen molar-refractivity contribution in [3.8, 4) is 0 Å². The Balaban J connectivity index is 1.74. The van der Waals surface area contributed by atoms with E-state index in [1.165, 1.54) is 30.3 Å². The van der Waals surface area contributed by atoms with Gasteiger partial charge in [-0.15, -0.1) is 0 Å². The summed E-state index contributed by atoms with van der Waals surface area (Å²) in [7, 11) is -4.00. The lowest BCUT2D eigenvalue weighted by atomic mass is 10.1. The predicted octanol–water partition coefficient (Wildman–Crippen LogP) is 2.65. The smallest absolute Gasteiger partial charge is 0.270 e. The molecule has 3 rings (SSSR count). The molecule has 0 spiro atoms. The first-order valence-corrected chi connectivity index (χ1v) is 10.5. The summed E-state index contributed by atoms with van der Waals surface area (Å²) in [6, 6.07) is 10.8. The van der Waals surface area contributed by atoms with Crippen LogP contribution < -0.4 is 4.72 Å². The first-order chi connectivity index (χ1) is 13.7. The molecule has 9 nitrogen and oxygen atoms in total. The van der Waals surface area contributed by atoms with Crippen LogP contribution in [0.2, 0.25) is 0 Å². The van der Waals surface area contributed by atoms with Crippen molar-refractivity contribution in [3.63, 3.8) is 0 Å². The number of sulfonamides is 1. The number of non-ortho nitro benzene ring substituents is 1. The van der Waals surface area contributed by atoms with Crippen molar-refractivity contribution in [2.75, 3.05) is 17.8 Å². The van der Waals surface area contributed by atoms with E-state index in [1.54, 1.807) is 17.0 Å². The van der Waals surface area contributed by atoms with Crippen molar-refractivity contribution in [1.82, 2.24) is 4.90 Å². The molecule has 0 bridgehead atoms. The molecule has 2 aromatic rings. The van der Waals surface area contributed by atoms with Crippen LogP contribution in [-0.2, 0) is 14.8 Å². The standard InChI is InChI=1S/C19H21N3O6S/c1-13-11-21(12-14(2)28-13)19(23)15-6-8-16(9-7-15)20-29(26,27)18-5-3-4-17(10-18)22(24)25/h3-10,13-14,20H,11-12H2,1-2H3/t13-,14+. The summed E-state index contributed by atoms with van der Waals surface area (Å²) >= 11 is 0. The summed E-state index contributed by atoms with van der Waals surface area (Å²) in [5.74, 6) is -0.153. The number of hydrogen-bond donors (Lipinski definition) is 1. The highest BCUT2D eigenvalue weighted by atomic mass is 32.2. The second kappa shape index (κ2) is 8.18. The van der Waals surface area contributed by atoms with Gasteiger partial charge in [-0.3, -0.25) is 19.6 Å². The summed E-state index contributed by atoms with van der Waals surface area (Å²) in [6.07, 6.45) is -0.104. The van der Waals surface area contributed by atoms with Gasteiger partial charge >= 0.3 is 0 Å². The van der Waals surface area contributed by atoms with E-state index in [4.69, 9.17) is 4.74 Å². The molecule has 1 heterocycles. The molecular formula is C19H21N3O6S. The molecule has 1 fully saturated rings. The second-order valence-corrected chi connectivity index (χ2v) is 8.59. The number of amides is 1. The number of carbonyl (C=O) groups excluding carboxylic acids is 1. The van der Waals surface area contributed by atoms with E-state index in [9.17, 15) is 23.3 Å². The van der Waals surface area contributed by atoms with Gasteiger partial charge < -0.3 is 9.64 Å². The maximum Gasteiger partial charge on any atom is 0.270 e. The number of carbonyl (C=O) groups is 1. The Morgan fingerprint density at radius 2 is 1.76 bits per heavy atom. The van der Waals surface area contributed by atoms with Crippen molar-refractivity contribution in [1.29, 1.82) is 0 Å². The van der Waals surface area contributed by atoms with Crippen LogP contribution in [0.3, 0.4) is 0 Å². The van der Waals surface area contributed by atoms with Crippen molar-refractivity contribution in [3.05, 3.63) is 64.2 Å². The van der Waals surface area contributed by atoms with Gasteiger partial charge in [-0.2, -0.15) is 0 Å². The van der Waals surface area contributed by atoms with Gasteiger partial charge in [0, 0.05) is 36.5 Å². The number of hydrogen-bond acceptors (Lipinski definition) is 6. The molecule has 1 amide bonds. The SMILES string of the molecule is C[C@@H]1CN(C(=O)c2ccc(NS(=O)(=O)c3cccc([N+](=O)[O-])c3)cc2)C[C@H](C)O1. The third-order valence-corrected chi connectivity index (χ3v) is 5.81. The number of ether oxygens (including phenoxy) is 1. The maximum absolute atomic E-state index is 12.7. The number of nitro benzene ring substituents is 1. The maximum atomic E-state index is 12.7. The zero-order chi connectivity index (χ0) is 21.2. The van der Waals surface area contributed by atoms with Gasteiger partial charge in [0.25, 0.3) is 21.6 Å². The first-order valence-electron chi connectivity index (χ1n) is 8.98. The lowest BCUT2D eigenvalue weighted by Crippen LogP contribution is -2.48. The van der Waals surface area contributed by atoms with Crippen LogP contribution in [0.1, 0.15) is 24.2 Å². The van der Waals surface area contributed by atoms with E-state index in [-0.39, 0.29) is 34.4 Å². The summed E-state index contributed by atoms with van der Waals surface area (Å²) in [5.41, 5.74) is 0.365. The molecule has 1 saturated heterocycles. The van der Waals surface area contributed by atoms with E-state index in [1.807, 2.05) is 13.8 Å². The molecule has 10 heteroatoms. The summed E-state index contributed by atoms with van der Waals surface area (Å²) in [4.78, 5) is 24.4. The van der Waals surface area contributed by atoms with E-state index in [2.05, 4.69) is 4.72 Å². The van der Waals surface area contributed by atoms with E-state index < -0.39 is 14.9 Å². The van der Waals surface area contributed by atoms with Crippen molar-refractivity contribution in [2.45, 2.75) is 31.0 Å². The van der Waals surface area contributed by atoms with Gasteiger partial charge in [0.2, 0.25) is 0 Å². The lowest BCUT2D eigenvalue weighted by molar-refractivity contribution is -0.385. The highest BCUT2D eigenvalue weighted by Gasteiger charge is 2.26. The number of rotatable bonds is 5. The molecular weight excluding hydrogens is 398 g/mol. The third kappa shape index (κ3) is 4.90. The zero-order valence-corrected chi connectivity index (χ0v) is 16.8. The molecule has 1 aliphatic heterocycles. The predicted molar refractivity (Wildman–Crippen MR) is 106 cm³/mol. The van der Waals surface area contributed by atoms with E-state index >= 15 is 0 Å². The Kier molecular flexibility index (Phi) is 5.85. The monoisotopic (exact) mass is 419 g/mol. The molecule has 29 heavy (non-hydrogen) atoms. The second-order valence-electron chi connectivity index (χ2n) is 6.90. The minimum atomic E-state index is -4.00. The number of anilines is 1. The molecule has 0 aromatic heterocycles. The molecule has 1 N–H and O–H groups in total. The lowest BCUT2D eigenvalue weighted by Gasteiger charge is -2.35. The summed E-state index contributed by atoms with van der Waals surface area (Å²) in [5, 5.41) is 10.9. The highest BCUT2D eigenvalue weighted by molar-refractivity contribution is 7.92. The Labute approximate surface area is 168 Å². The topological polar surface area (TPSA) is 119 Å². The van der Waals surface area contributed by atoms with Crippen molar-refractivity contribution < 1.29 is 22.9 Å². The third-order valence-electron chi connectivity index (χ3n) is 4.43. The fourth-order valence-electron chi connectivity index (χ4n) is 3.19. The molecule has 0 radical (unpaired) electrons. The van der Waals surface area contributed by atoms with Crippen LogP contribution in [0.25, 0.3) is 0 Å². The molecule has 1 aliphatic rings. The van der Waals surface area contributed by atoms with Crippen LogP contribution in [0.5, 0.6) is 0 Å². The summed E-state index contributed by atoms with van der Waals surface area (Å²) < 4.78 is 33.0. The van der Waals surface area contributed by atoms with E-state index in [0.29, 0.717) is 18.7 Å². The van der Waals surface area contributed by atoms with Crippen LogP contribution in [0, 0.1) is 10.1 Å². The Morgan fingerprint density at radius 3 is 2.34 bits per heavy atom. The quantitative estimate of drug-likeness (QED) is 0.588. The highest BCUT2D eigenvalue weighted by Crippen LogP contribution is 2.21. The molecule has 0 saturated carbocycles. The number of nitrogens with zero attached hydrogens (tertiary/aromatic N) is 2. The van der Waals surface area contributed by atoms with Crippen LogP contribution in [0.4, 0.5) is 11.4 Å². The summed E-state index contributed by atoms with van der Waals surface area (Å²) in [6.45, 7) is 4.79. The minimum absolute atomic E-state index is 0.0521. The fourth-order valence-corrected chi connectivity index (χ4v) is 4.28. The van der Waals surface area contributed by atoms with Gasteiger partial charge in [0.1, 0.15) is 0 Å². The minimum Gasteiger partial charge on any atom is -0.372 e. The Hall–Kier alpha value is -2.98. The number of nitro groups is 1. The average molecular weight is 419 g/mol. The van der Waals surface area contributed by atoms with Crippen LogP contribution >= 0.6 is 0 Å². The van der Waals surface area contributed by atoms with E-state index in [0.717, 1.165) is 6.07 Å². The average Bonchev–Trinajstić information content (AvgIpc) is 2.67. The number of benzene rings is 2. The van der Waals surface area contributed by atoms with Gasteiger partial charge in [-0.25, -0.2) is 8.42 Å². The normalized spacial score (nSPS) is 19.6. The van der Waals surface area contributed by atoms with Crippen molar-refractivity contribution >= 4 is 27.3 Å². The Bertz CT molecular complexity index is 1010. The molecule has 2 aromatic carbocycles. The van der Waals surface area contributed by atoms with Gasteiger partial charge in [-0.1, -0.05) is 6.07 Å². The number of morpholine rings is 1. The van der Waals surface area contributed by atoms with Crippen LogP contribution in [-0.4, -0.2) is 49.4 Å². The first kappa shape index (κ1) is 20.7. The molecule has 154 valence electrons. The molecule has 0 unspecified atom stereocenters. The largest absolute Gasteiger partial charge is 0.372 e. The van der Waals surface area contributed by atoms with Gasteiger partial charge in [0.05, 0.1) is 22.0 Å². The molecule has 0 aliphatic carbocycles. The zero-order valence-electron chi connectivity index (χ0n) is 15.9. The Morgan fingerprint density at radius 1 is 1.14 bits per heavy atom. The van der Waals surface area contributed by atoms with Gasteiger partial charge in [0.15, 0.2) is 0 Å². The van der Waals surface area contributed by atoms with Crippen molar-refractivity contribution in [2.24, 2.45) is 0 Å². The molecule has 2 atom stereocenters.